The van der Waals surface area contributed by atoms with Gasteiger partial charge in [-0.05, 0) is 41.2 Å². The third kappa shape index (κ3) is 11.5. The average molecular weight is 246 g/mol. The van der Waals surface area contributed by atoms with Gasteiger partial charge in [0.2, 0.25) is 0 Å². The molecular weight excluding hydrogens is 220 g/mol. The summed E-state index contributed by atoms with van der Waals surface area (Å²) >= 11 is 0. The maximum atomic E-state index is 11.3. The minimum absolute atomic E-state index is 0.281. The van der Waals surface area contributed by atoms with Crippen LogP contribution < -0.4 is 5.32 Å². The lowest BCUT2D eigenvalue weighted by atomic mass is 10.2. The molecule has 102 valence electrons. The van der Waals surface area contributed by atoms with Crippen molar-refractivity contribution < 1.29 is 14.6 Å². The van der Waals surface area contributed by atoms with E-state index in [1.165, 1.54) is 0 Å². The van der Waals surface area contributed by atoms with Gasteiger partial charge in [-0.15, -0.1) is 0 Å². The molecule has 0 radical (unpaired) electrons. The molecule has 1 atom stereocenters. The van der Waals surface area contributed by atoms with Gasteiger partial charge in [0.1, 0.15) is 5.60 Å². The molecule has 0 spiro atoms. The molecule has 0 fully saturated rings. The van der Waals surface area contributed by atoms with Gasteiger partial charge >= 0.3 is 6.09 Å². The van der Waals surface area contributed by atoms with Crippen molar-refractivity contribution in [2.45, 2.75) is 45.8 Å². The van der Waals surface area contributed by atoms with Crippen molar-refractivity contribution in [3.8, 4) is 0 Å². The highest BCUT2D eigenvalue weighted by atomic mass is 16.6. The Bertz CT molecular complexity index is 224. The zero-order chi connectivity index (χ0) is 13.5. The number of carbonyl (C=O) groups is 1. The summed E-state index contributed by atoms with van der Waals surface area (Å²) in [7, 11) is 1.96. The number of amides is 1. The second kappa shape index (κ2) is 7.50. The van der Waals surface area contributed by atoms with Crippen molar-refractivity contribution in [3.63, 3.8) is 0 Å². The smallest absolute Gasteiger partial charge is 0.407 e. The van der Waals surface area contributed by atoms with Crippen molar-refractivity contribution in [1.29, 1.82) is 0 Å². The number of rotatable bonds is 6. The van der Waals surface area contributed by atoms with Gasteiger partial charge in [-0.1, -0.05) is 0 Å². The van der Waals surface area contributed by atoms with Crippen LogP contribution in [0.3, 0.4) is 0 Å². The minimum atomic E-state index is -0.456. The zero-order valence-electron chi connectivity index (χ0n) is 11.6. The summed E-state index contributed by atoms with van der Waals surface area (Å²) in [6.45, 7) is 9.38. The normalized spacial score (nSPS) is 13.6. The van der Waals surface area contributed by atoms with E-state index in [-0.39, 0.29) is 12.2 Å². The number of ether oxygens (including phenoxy) is 1. The highest BCUT2D eigenvalue weighted by Gasteiger charge is 2.15. The SMILES string of the molecule is CC(O)CCN(C)CCNC(=O)OC(C)(C)C. The van der Waals surface area contributed by atoms with E-state index in [0.717, 1.165) is 19.5 Å². The number of nitrogens with zero attached hydrogens (tertiary/aromatic N) is 1. The first kappa shape index (κ1) is 16.2. The standard InChI is InChI=1S/C12H26N2O3/c1-10(15)6-8-14(5)9-7-13-11(16)17-12(2,3)4/h10,15H,6-9H2,1-5H3,(H,13,16). The molecule has 0 aromatic heterocycles. The molecule has 0 heterocycles. The number of hydrogen-bond donors (Lipinski definition) is 2. The lowest BCUT2D eigenvalue weighted by molar-refractivity contribution is 0.0522. The molecular formula is C12H26N2O3. The van der Waals surface area contributed by atoms with Crippen LogP contribution in [-0.4, -0.2) is 54.5 Å². The van der Waals surface area contributed by atoms with Crippen LogP contribution in [0.4, 0.5) is 4.79 Å². The van der Waals surface area contributed by atoms with Gasteiger partial charge in [-0.2, -0.15) is 0 Å². The van der Waals surface area contributed by atoms with E-state index in [9.17, 15) is 4.79 Å². The van der Waals surface area contributed by atoms with Crippen LogP contribution in [0.15, 0.2) is 0 Å². The van der Waals surface area contributed by atoms with E-state index in [4.69, 9.17) is 9.84 Å². The molecule has 0 aliphatic rings. The monoisotopic (exact) mass is 246 g/mol. The van der Waals surface area contributed by atoms with Crippen LogP contribution >= 0.6 is 0 Å². The van der Waals surface area contributed by atoms with Gasteiger partial charge in [0.25, 0.3) is 0 Å². The molecule has 5 nitrogen and oxygen atoms in total. The van der Waals surface area contributed by atoms with Gasteiger partial charge in [0.05, 0.1) is 6.10 Å². The highest BCUT2D eigenvalue weighted by molar-refractivity contribution is 5.67. The molecule has 0 saturated heterocycles. The summed E-state index contributed by atoms with van der Waals surface area (Å²) < 4.78 is 5.11. The Hall–Kier alpha value is -0.810. The highest BCUT2D eigenvalue weighted by Crippen LogP contribution is 2.06. The number of hydrogen-bond acceptors (Lipinski definition) is 4. The Kier molecular flexibility index (Phi) is 7.15. The van der Waals surface area contributed by atoms with Crippen LogP contribution in [0, 0.1) is 0 Å². The summed E-state index contributed by atoms with van der Waals surface area (Å²) in [5.74, 6) is 0. The second-order valence-corrected chi connectivity index (χ2v) is 5.37. The molecule has 2 N–H and O–H groups in total. The predicted octanol–water partition coefficient (Wildman–Crippen LogP) is 1.21. The lowest BCUT2D eigenvalue weighted by Crippen LogP contribution is -2.37. The molecule has 0 aromatic rings. The van der Waals surface area contributed by atoms with E-state index in [0.29, 0.717) is 6.54 Å². The first-order chi connectivity index (χ1) is 7.70. The number of alkyl carbamates (subject to hydrolysis) is 1. The fraction of sp³-hybridized carbons (Fsp3) is 0.917. The quantitative estimate of drug-likeness (QED) is 0.739. The number of aliphatic hydroxyl groups is 1. The summed E-state index contributed by atoms with van der Waals surface area (Å²) in [5.41, 5.74) is -0.456. The van der Waals surface area contributed by atoms with Crippen molar-refractivity contribution in [1.82, 2.24) is 10.2 Å². The first-order valence-electron chi connectivity index (χ1n) is 6.04. The van der Waals surface area contributed by atoms with Gasteiger partial charge in [0.15, 0.2) is 0 Å². The summed E-state index contributed by atoms with van der Waals surface area (Å²) in [6.07, 6.45) is 0.0702. The first-order valence-corrected chi connectivity index (χ1v) is 6.04. The van der Waals surface area contributed by atoms with Gasteiger partial charge in [-0.3, -0.25) is 0 Å². The predicted molar refractivity (Wildman–Crippen MR) is 68.0 cm³/mol. The van der Waals surface area contributed by atoms with Crippen LogP contribution in [0.25, 0.3) is 0 Å². The van der Waals surface area contributed by atoms with E-state index in [1.807, 2.05) is 27.8 Å². The fourth-order valence-electron chi connectivity index (χ4n) is 1.18. The van der Waals surface area contributed by atoms with Crippen LogP contribution in [0.1, 0.15) is 34.1 Å². The van der Waals surface area contributed by atoms with Gasteiger partial charge < -0.3 is 20.1 Å². The summed E-state index contributed by atoms with van der Waals surface area (Å²) in [6, 6.07) is 0. The summed E-state index contributed by atoms with van der Waals surface area (Å²) in [5, 5.41) is 11.8. The fourth-order valence-corrected chi connectivity index (χ4v) is 1.18. The molecule has 0 aliphatic carbocycles. The Morgan fingerprint density at radius 3 is 2.47 bits per heavy atom. The Morgan fingerprint density at radius 2 is 2.00 bits per heavy atom. The number of likely N-dealkylation sites (N-methyl/N-ethyl adjacent to an activating group) is 1. The van der Waals surface area contributed by atoms with Crippen molar-refractivity contribution in [2.24, 2.45) is 0 Å². The van der Waals surface area contributed by atoms with Gasteiger partial charge in [0, 0.05) is 19.6 Å². The van der Waals surface area contributed by atoms with Crippen molar-refractivity contribution >= 4 is 6.09 Å². The third-order valence-corrected chi connectivity index (χ3v) is 2.09. The molecule has 1 amide bonds. The summed E-state index contributed by atoms with van der Waals surface area (Å²) in [4.78, 5) is 13.4. The van der Waals surface area contributed by atoms with Crippen LogP contribution in [-0.2, 0) is 4.74 Å². The molecule has 5 heteroatoms. The molecule has 0 aliphatic heterocycles. The number of aliphatic hydroxyl groups excluding tert-OH is 1. The maximum Gasteiger partial charge on any atom is 0.407 e. The molecule has 0 rings (SSSR count). The largest absolute Gasteiger partial charge is 0.444 e. The maximum absolute atomic E-state index is 11.3. The lowest BCUT2D eigenvalue weighted by Gasteiger charge is -2.21. The number of nitrogens with one attached hydrogen (secondary N) is 1. The van der Waals surface area contributed by atoms with Crippen LogP contribution in [0.5, 0.6) is 0 Å². The minimum Gasteiger partial charge on any atom is -0.444 e. The van der Waals surface area contributed by atoms with Crippen molar-refractivity contribution in [2.75, 3.05) is 26.7 Å². The topological polar surface area (TPSA) is 61.8 Å². The third-order valence-electron chi connectivity index (χ3n) is 2.09. The van der Waals surface area contributed by atoms with E-state index in [2.05, 4.69) is 10.2 Å². The molecule has 17 heavy (non-hydrogen) atoms. The van der Waals surface area contributed by atoms with Gasteiger partial charge in [-0.25, -0.2) is 4.79 Å². The van der Waals surface area contributed by atoms with Crippen LogP contribution in [0.2, 0.25) is 0 Å². The zero-order valence-corrected chi connectivity index (χ0v) is 11.6. The molecule has 0 saturated carbocycles. The van der Waals surface area contributed by atoms with Crippen molar-refractivity contribution in [3.05, 3.63) is 0 Å². The second-order valence-electron chi connectivity index (χ2n) is 5.37. The Labute approximate surface area is 104 Å². The van der Waals surface area contributed by atoms with E-state index >= 15 is 0 Å². The number of carbonyl (C=O) groups excluding carboxylic acids is 1. The Balaban J connectivity index is 3.59. The average Bonchev–Trinajstić information content (AvgIpc) is 2.11. The Morgan fingerprint density at radius 1 is 1.41 bits per heavy atom. The van der Waals surface area contributed by atoms with E-state index in [1.54, 1.807) is 6.92 Å². The molecule has 0 aromatic carbocycles. The molecule has 0 bridgehead atoms. The molecule has 1 unspecified atom stereocenters. The van der Waals surface area contributed by atoms with E-state index < -0.39 is 5.60 Å².